The SMILES string of the molecule is CC(C)CC(NC(=O)C1CCCN1)C(=O)NC(Cc1ccccc1)C(=O)NC(Cc1ccccc1)C(=O)O. The van der Waals surface area contributed by atoms with E-state index in [4.69, 9.17) is 0 Å². The Bertz CT molecular complexity index is 1070. The number of carbonyl (C=O) groups excluding carboxylic acids is 3. The van der Waals surface area contributed by atoms with Crippen molar-refractivity contribution in [1.29, 1.82) is 0 Å². The summed E-state index contributed by atoms with van der Waals surface area (Å²) >= 11 is 0. The van der Waals surface area contributed by atoms with Crippen LogP contribution < -0.4 is 21.3 Å². The highest BCUT2D eigenvalue weighted by atomic mass is 16.4. The van der Waals surface area contributed by atoms with Crippen LogP contribution in [0.1, 0.15) is 44.2 Å². The fourth-order valence-electron chi connectivity index (χ4n) is 4.54. The van der Waals surface area contributed by atoms with Gasteiger partial charge in [0.1, 0.15) is 18.1 Å². The van der Waals surface area contributed by atoms with Gasteiger partial charge in [0.2, 0.25) is 17.7 Å². The molecule has 0 aliphatic carbocycles. The van der Waals surface area contributed by atoms with Crippen LogP contribution in [0.2, 0.25) is 0 Å². The van der Waals surface area contributed by atoms with Crippen LogP contribution in [0.4, 0.5) is 0 Å². The highest BCUT2D eigenvalue weighted by Crippen LogP contribution is 2.11. The molecule has 0 radical (unpaired) electrons. The first-order valence-corrected chi connectivity index (χ1v) is 13.2. The first kappa shape index (κ1) is 28.8. The van der Waals surface area contributed by atoms with E-state index in [0.717, 1.165) is 24.1 Å². The van der Waals surface area contributed by atoms with Crippen LogP contribution in [0.5, 0.6) is 0 Å². The van der Waals surface area contributed by atoms with Crippen molar-refractivity contribution in [3.8, 4) is 0 Å². The highest BCUT2D eigenvalue weighted by molar-refractivity contribution is 5.94. The van der Waals surface area contributed by atoms with Crippen molar-refractivity contribution in [2.75, 3.05) is 6.54 Å². The van der Waals surface area contributed by atoms with Crippen molar-refractivity contribution >= 4 is 23.7 Å². The van der Waals surface area contributed by atoms with E-state index in [1.54, 1.807) is 24.3 Å². The molecule has 9 nitrogen and oxygen atoms in total. The molecule has 5 N–H and O–H groups in total. The molecule has 4 atom stereocenters. The minimum absolute atomic E-state index is 0.105. The standard InChI is InChI=1S/C29H38N4O5/c1-19(2)16-23(31-26(34)22-14-9-15-30-22)27(35)32-24(17-20-10-5-3-6-11-20)28(36)33-25(29(37)38)18-21-12-7-4-8-13-21/h3-8,10-13,19,22-25,30H,9,14-18H2,1-2H3,(H,31,34)(H,32,35)(H,33,36)(H,37,38). The van der Waals surface area contributed by atoms with E-state index in [1.165, 1.54) is 0 Å². The fourth-order valence-corrected chi connectivity index (χ4v) is 4.54. The Morgan fingerprint density at radius 2 is 1.34 bits per heavy atom. The summed E-state index contributed by atoms with van der Waals surface area (Å²) in [6, 6.07) is 14.9. The zero-order valence-corrected chi connectivity index (χ0v) is 22.0. The zero-order valence-electron chi connectivity index (χ0n) is 22.0. The van der Waals surface area contributed by atoms with Crippen molar-refractivity contribution in [1.82, 2.24) is 21.3 Å². The maximum Gasteiger partial charge on any atom is 0.326 e. The van der Waals surface area contributed by atoms with Gasteiger partial charge in [0, 0.05) is 12.8 Å². The quantitative estimate of drug-likeness (QED) is 0.272. The summed E-state index contributed by atoms with van der Waals surface area (Å²) in [6.07, 6.45) is 2.28. The first-order chi connectivity index (χ1) is 18.2. The van der Waals surface area contributed by atoms with Gasteiger partial charge in [-0.3, -0.25) is 14.4 Å². The van der Waals surface area contributed by atoms with Gasteiger partial charge in [-0.25, -0.2) is 4.79 Å². The minimum atomic E-state index is -1.17. The van der Waals surface area contributed by atoms with Crippen molar-refractivity contribution in [3.63, 3.8) is 0 Å². The Hall–Kier alpha value is -3.72. The molecule has 0 spiro atoms. The van der Waals surface area contributed by atoms with Crippen LogP contribution in [0.3, 0.4) is 0 Å². The van der Waals surface area contributed by atoms with Gasteiger partial charge in [0.05, 0.1) is 6.04 Å². The third kappa shape index (κ3) is 8.99. The van der Waals surface area contributed by atoms with Gasteiger partial charge in [-0.1, -0.05) is 74.5 Å². The van der Waals surface area contributed by atoms with Crippen LogP contribution in [0.25, 0.3) is 0 Å². The molecule has 0 bridgehead atoms. The van der Waals surface area contributed by atoms with Gasteiger partial charge >= 0.3 is 5.97 Å². The number of carbonyl (C=O) groups is 4. The van der Waals surface area contributed by atoms with Crippen molar-refractivity contribution in [3.05, 3.63) is 71.8 Å². The van der Waals surface area contributed by atoms with E-state index < -0.39 is 35.9 Å². The average Bonchev–Trinajstić information content (AvgIpc) is 3.44. The van der Waals surface area contributed by atoms with Crippen molar-refractivity contribution in [2.45, 2.75) is 70.1 Å². The Balaban J connectivity index is 1.76. The van der Waals surface area contributed by atoms with E-state index in [1.807, 2.05) is 50.2 Å². The van der Waals surface area contributed by atoms with Gasteiger partial charge in [0.15, 0.2) is 0 Å². The Kier molecular flexibility index (Phi) is 10.8. The second kappa shape index (κ2) is 14.3. The van der Waals surface area contributed by atoms with Crippen LogP contribution in [0, 0.1) is 5.92 Å². The summed E-state index contributed by atoms with van der Waals surface area (Å²) < 4.78 is 0. The summed E-state index contributed by atoms with van der Waals surface area (Å²) in [4.78, 5) is 51.5. The van der Waals surface area contributed by atoms with E-state index in [9.17, 15) is 24.3 Å². The van der Waals surface area contributed by atoms with Crippen LogP contribution >= 0.6 is 0 Å². The summed E-state index contributed by atoms with van der Waals surface area (Å²) in [6.45, 7) is 4.66. The number of benzene rings is 2. The topological polar surface area (TPSA) is 137 Å². The number of hydrogen-bond acceptors (Lipinski definition) is 5. The molecule has 9 heteroatoms. The van der Waals surface area contributed by atoms with E-state index in [0.29, 0.717) is 12.8 Å². The number of carboxylic acids is 1. The van der Waals surface area contributed by atoms with Crippen LogP contribution in [0.15, 0.2) is 60.7 Å². The number of amides is 3. The molecule has 2 aromatic rings. The lowest BCUT2D eigenvalue weighted by atomic mass is 10.00. The highest BCUT2D eigenvalue weighted by Gasteiger charge is 2.32. The molecule has 4 unspecified atom stereocenters. The van der Waals surface area contributed by atoms with Gasteiger partial charge in [0.25, 0.3) is 0 Å². The third-order valence-electron chi connectivity index (χ3n) is 6.53. The van der Waals surface area contributed by atoms with Gasteiger partial charge < -0.3 is 26.4 Å². The second-order valence-corrected chi connectivity index (χ2v) is 10.2. The van der Waals surface area contributed by atoms with Crippen LogP contribution in [-0.4, -0.2) is 59.5 Å². The molecule has 3 amide bonds. The molecule has 1 heterocycles. The molecule has 38 heavy (non-hydrogen) atoms. The Labute approximate surface area is 223 Å². The molecule has 2 aromatic carbocycles. The normalized spacial score (nSPS) is 17.3. The Morgan fingerprint density at radius 1 is 0.816 bits per heavy atom. The molecular weight excluding hydrogens is 484 g/mol. The number of hydrogen-bond donors (Lipinski definition) is 5. The number of rotatable bonds is 13. The van der Waals surface area contributed by atoms with Gasteiger partial charge in [-0.2, -0.15) is 0 Å². The largest absolute Gasteiger partial charge is 0.480 e. The molecule has 1 aliphatic heterocycles. The van der Waals surface area contributed by atoms with Crippen LogP contribution in [-0.2, 0) is 32.0 Å². The second-order valence-electron chi connectivity index (χ2n) is 10.2. The molecule has 1 aliphatic rings. The summed E-state index contributed by atoms with van der Waals surface area (Å²) in [5.74, 6) is -2.36. The third-order valence-corrected chi connectivity index (χ3v) is 6.53. The smallest absolute Gasteiger partial charge is 0.326 e. The lowest BCUT2D eigenvalue weighted by molar-refractivity contribution is -0.142. The fraction of sp³-hybridized carbons (Fsp3) is 0.448. The maximum atomic E-state index is 13.4. The Morgan fingerprint density at radius 3 is 1.84 bits per heavy atom. The summed E-state index contributed by atoms with van der Waals surface area (Å²) in [7, 11) is 0. The number of carboxylic acid groups (broad SMARTS) is 1. The summed E-state index contributed by atoms with van der Waals surface area (Å²) in [5.41, 5.74) is 1.58. The van der Waals surface area contributed by atoms with Crippen molar-refractivity contribution in [2.24, 2.45) is 5.92 Å². The molecule has 0 saturated carbocycles. The zero-order chi connectivity index (χ0) is 27.5. The molecule has 3 rings (SSSR count). The molecule has 0 aromatic heterocycles. The van der Waals surface area contributed by atoms with Gasteiger partial charge in [-0.15, -0.1) is 0 Å². The molecule has 1 saturated heterocycles. The molecule has 204 valence electrons. The molecule has 1 fully saturated rings. The average molecular weight is 523 g/mol. The lowest BCUT2D eigenvalue weighted by Crippen LogP contribution is -2.58. The van der Waals surface area contributed by atoms with Crippen molar-refractivity contribution < 1.29 is 24.3 Å². The molecular formula is C29H38N4O5. The number of nitrogens with one attached hydrogen (secondary N) is 4. The van der Waals surface area contributed by atoms with E-state index >= 15 is 0 Å². The van der Waals surface area contributed by atoms with E-state index in [2.05, 4.69) is 21.3 Å². The minimum Gasteiger partial charge on any atom is -0.480 e. The summed E-state index contributed by atoms with van der Waals surface area (Å²) in [5, 5.41) is 21.2. The monoisotopic (exact) mass is 522 g/mol. The number of aliphatic carboxylic acids is 1. The maximum absolute atomic E-state index is 13.4. The predicted octanol–water partition coefficient (Wildman–Crippen LogP) is 1.81. The van der Waals surface area contributed by atoms with Gasteiger partial charge in [-0.05, 0) is 42.9 Å². The van der Waals surface area contributed by atoms with E-state index in [-0.39, 0.29) is 30.7 Å². The first-order valence-electron chi connectivity index (χ1n) is 13.2. The lowest BCUT2D eigenvalue weighted by Gasteiger charge is -2.26. The predicted molar refractivity (Wildman–Crippen MR) is 144 cm³/mol.